The second-order valence-electron chi connectivity index (χ2n) is 8.31. The number of sulfone groups is 1. The predicted molar refractivity (Wildman–Crippen MR) is 118 cm³/mol. The lowest BCUT2D eigenvalue weighted by Crippen LogP contribution is -2.32. The summed E-state index contributed by atoms with van der Waals surface area (Å²) in [6, 6.07) is 15.2. The van der Waals surface area contributed by atoms with Crippen molar-refractivity contribution < 1.29 is 17.6 Å². The van der Waals surface area contributed by atoms with Crippen LogP contribution in [0.5, 0.6) is 0 Å². The van der Waals surface area contributed by atoms with Crippen LogP contribution in [0.2, 0.25) is 0 Å². The third-order valence-electron chi connectivity index (χ3n) is 5.03. The Bertz CT molecular complexity index is 1140. The minimum atomic E-state index is -3.90. The van der Waals surface area contributed by atoms with Crippen molar-refractivity contribution in [2.45, 2.75) is 36.3 Å². The van der Waals surface area contributed by atoms with Crippen molar-refractivity contribution in [2.24, 2.45) is 0 Å². The van der Waals surface area contributed by atoms with E-state index in [2.05, 4.69) is 31.1 Å². The van der Waals surface area contributed by atoms with Crippen LogP contribution < -0.4 is 5.32 Å². The molecule has 3 rings (SSSR count). The Balaban J connectivity index is 1.84. The Hall–Kier alpha value is -3.06. The molecule has 7 heteroatoms. The van der Waals surface area contributed by atoms with Crippen LogP contribution in [0.1, 0.15) is 47.5 Å². The number of halogens is 1. The molecule has 1 heterocycles. The van der Waals surface area contributed by atoms with E-state index in [0.29, 0.717) is 11.1 Å². The summed E-state index contributed by atoms with van der Waals surface area (Å²) in [5.74, 6) is -0.896. The summed E-state index contributed by atoms with van der Waals surface area (Å²) in [5.41, 5.74) is 1.94. The minimum absolute atomic E-state index is 0.0217. The Morgan fingerprint density at radius 3 is 2.23 bits per heavy atom. The van der Waals surface area contributed by atoms with E-state index in [9.17, 15) is 17.6 Å². The molecular weight excluding hydrogens is 415 g/mol. The molecule has 0 fully saturated rings. The molecular formula is C24H25FN2O3S. The second-order valence-corrected chi connectivity index (χ2v) is 10.4. The van der Waals surface area contributed by atoms with Crippen molar-refractivity contribution in [1.82, 2.24) is 10.3 Å². The van der Waals surface area contributed by atoms with E-state index in [4.69, 9.17) is 0 Å². The first-order valence-electron chi connectivity index (χ1n) is 9.87. The molecule has 0 aliphatic rings. The molecule has 0 bridgehead atoms. The van der Waals surface area contributed by atoms with Crippen LogP contribution in [0.4, 0.5) is 4.39 Å². The van der Waals surface area contributed by atoms with Gasteiger partial charge in [-0.2, -0.15) is 0 Å². The molecule has 5 nitrogen and oxygen atoms in total. The first-order chi connectivity index (χ1) is 14.6. The highest BCUT2D eigenvalue weighted by atomic mass is 32.2. The van der Waals surface area contributed by atoms with Gasteiger partial charge in [0.1, 0.15) is 11.1 Å². The van der Waals surface area contributed by atoms with Gasteiger partial charge in [0.15, 0.2) is 9.84 Å². The maximum Gasteiger partial charge on any atom is 0.251 e. The molecule has 1 aromatic heterocycles. The second kappa shape index (κ2) is 8.98. The van der Waals surface area contributed by atoms with Crippen LogP contribution in [0, 0.1) is 5.82 Å². The number of hydrogen-bond donors (Lipinski definition) is 1. The van der Waals surface area contributed by atoms with Gasteiger partial charge >= 0.3 is 0 Å². The molecule has 3 aromatic rings. The molecule has 1 atom stereocenters. The molecule has 0 aliphatic heterocycles. The number of benzene rings is 2. The first kappa shape index (κ1) is 22.6. The fraction of sp³-hybridized carbons (Fsp3) is 0.250. The number of rotatable bonds is 6. The first-order valence-corrected chi connectivity index (χ1v) is 11.4. The van der Waals surface area contributed by atoms with Gasteiger partial charge in [0.25, 0.3) is 5.91 Å². The SMILES string of the molecule is CC(C)(C)c1ccc(C(=O)NCC(c2cccnc2)S(=O)(=O)c2ccc(F)cc2)cc1. The van der Waals surface area contributed by atoms with Gasteiger partial charge in [-0.3, -0.25) is 9.78 Å². The summed E-state index contributed by atoms with van der Waals surface area (Å²) in [6.45, 7) is 6.11. The molecule has 2 aromatic carbocycles. The van der Waals surface area contributed by atoms with Gasteiger partial charge in [-0.1, -0.05) is 39.0 Å². The van der Waals surface area contributed by atoms with Crippen molar-refractivity contribution in [2.75, 3.05) is 6.54 Å². The summed E-state index contributed by atoms with van der Waals surface area (Å²) >= 11 is 0. The van der Waals surface area contributed by atoms with E-state index in [1.165, 1.54) is 18.3 Å². The number of amides is 1. The van der Waals surface area contributed by atoms with E-state index in [-0.39, 0.29) is 22.8 Å². The largest absolute Gasteiger partial charge is 0.350 e. The third kappa shape index (κ3) is 5.35. The third-order valence-corrected chi connectivity index (χ3v) is 7.15. The van der Waals surface area contributed by atoms with E-state index < -0.39 is 20.9 Å². The summed E-state index contributed by atoms with van der Waals surface area (Å²) in [7, 11) is -3.90. The van der Waals surface area contributed by atoms with Crippen molar-refractivity contribution in [3.8, 4) is 0 Å². The van der Waals surface area contributed by atoms with E-state index in [1.54, 1.807) is 30.5 Å². The summed E-state index contributed by atoms with van der Waals surface area (Å²) < 4.78 is 39.8. The van der Waals surface area contributed by atoms with Crippen molar-refractivity contribution in [3.05, 3.63) is 95.6 Å². The number of pyridine rings is 1. The summed E-state index contributed by atoms with van der Waals surface area (Å²) in [4.78, 5) is 16.7. The van der Waals surface area contributed by atoms with Crippen LogP contribution in [0.15, 0.2) is 78.0 Å². The zero-order chi connectivity index (χ0) is 22.6. The Morgan fingerprint density at radius 2 is 1.68 bits per heavy atom. The lowest BCUT2D eigenvalue weighted by molar-refractivity contribution is 0.0953. The molecule has 0 radical (unpaired) electrons. The molecule has 0 saturated carbocycles. The fourth-order valence-electron chi connectivity index (χ4n) is 3.17. The number of carbonyl (C=O) groups excluding carboxylic acids is 1. The van der Waals surface area contributed by atoms with Gasteiger partial charge in [0, 0.05) is 24.5 Å². The monoisotopic (exact) mass is 440 g/mol. The van der Waals surface area contributed by atoms with Gasteiger partial charge in [0.2, 0.25) is 0 Å². The molecule has 31 heavy (non-hydrogen) atoms. The maximum atomic E-state index is 13.3. The van der Waals surface area contributed by atoms with Crippen molar-refractivity contribution in [1.29, 1.82) is 0 Å². The average molecular weight is 441 g/mol. The van der Waals surface area contributed by atoms with Gasteiger partial charge in [0.05, 0.1) is 4.90 Å². The fourth-order valence-corrected chi connectivity index (χ4v) is 4.82. The van der Waals surface area contributed by atoms with Gasteiger partial charge in [-0.05, 0) is 59.0 Å². The van der Waals surface area contributed by atoms with Gasteiger partial charge < -0.3 is 5.32 Å². The highest BCUT2D eigenvalue weighted by Crippen LogP contribution is 2.28. The van der Waals surface area contributed by atoms with Gasteiger partial charge in [-0.25, -0.2) is 12.8 Å². The topological polar surface area (TPSA) is 76.1 Å². The highest BCUT2D eigenvalue weighted by molar-refractivity contribution is 7.91. The van der Waals surface area contributed by atoms with Crippen LogP contribution in [0.3, 0.4) is 0 Å². The normalized spacial score (nSPS) is 12.9. The molecule has 162 valence electrons. The molecule has 1 N–H and O–H groups in total. The lowest BCUT2D eigenvalue weighted by Gasteiger charge is -2.20. The summed E-state index contributed by atoms with van der Waals surface area (Å²) in [5, 5.41) is 1.66. The number of nitrogens with one attached hydrogen (secondary N) is 1. The molecule has 1 unspecified atom stereocenters. The van der Waals surface area contributed by atoms with E-state index in [0.717, 1.165) is 17.7 Å². The highest BCUT2D eigenvalue weighted by Gasteiger charge is 2.30. The van der Waals surface area contributed by atoms with E-state index >= 15 is 0 Å². The molecule has 0 aliphatic carbocycles. The number of carbonyl (C=O) groups is 1. The quantitative estimate of drug-likeness (QED) is 0.574. The lowest BCUT2D eigenvalue weighted by atomic mass is 9.87. The zero-order valence-electron chi connectivity index (χ0n) is 17.7. The minimum Gasteiger partial charge on any atom is -0.350 e. The van der Waals surface area contributed by atoms with E-state index in [1.807, 2.05) is 12.1 Å². The average Bonchev–Trinajstić information content (AvgIpc) is 2.74. The standard InChI is InChI=1S/C24H25FN2O3S/c1-24(2,3)19-8-6-17(7-9-19)23(28)27-16-22(18-5-4-14-26-15-18)31(29,30)21-12-10-20(25)11-13-21/h4-15,22H,16H2,1-3H3,(H,27,28). The van der Waals surface area contributed by atoms with Crippen molar-refractivity contribution >= 4 is 15.7 Å². The number of hydrogen-bond acceptors (Lipinski definition) is 4. The van der Waals surface area contributed by atoms with Gasteiger partial charge in [-0.15, -0.1) is 0 Å². The Labute approximate surface area is 182 Å². The molecule has 1 amide bonds. The predicted octanol–water partition coefficient (Wildman–Crippen LogP) is 4.46. The van der Waals surface area contributed by atoms with Crippen molar-refractivity contribution in [3.63, 3.8) is 0 Å². The van der Waals surface area contributed by atoms with Crippen LogP contribution in [-0.4, -0.2) is 25.9 Å². The Morgan fingerprint density at radius 1 is 1.03 bits per heavy atom. The number of nitrogens with zero attached hydrogens (tertiary/aromatic N) is 1. The van der Waals surface area contributed by atoms with Crippen LogP contribution in [-0.2, 0) is 15.3 Å². The molecule has 0 spiro atoms. The summed E-state index contributed by atoms with van der Waals surface area (Å²) in [6.07, 6.45) is 3.00. The Kier molecular flexibility index (Phi) is 6.55. The van der Waals surface area contributed by atoms with Crippen LogP contribution in [0.25, 0.3) is 0 Å². The zero-order valence-corrected chi connectivity index (χ0v) is 18.5. The van der Waals surface area contributed by atoms with Crippen LogP contribution >= 0.6 is 0 Å². The number of aromatic nitrogens is 1. The maximum absolute atomic E-state index is 13.3. The smallest absolute Gasteiger partial charge is 0.251 e. The molecule has 0 saturated heterocycles.